The highest BCUT2D eigenvalue weighted by Crippen LogP contribution is 2.24. The molecule has 1 nitrogen and oxygen atoms in total. The Balaban J connectivity index is 2.21. The van der Waals surface area contributed by atoms with Gasteiger partial charge in [0.2, 0.25) is 0 Å². The zero-order valence-corrected chi connectivity index (χ0v) is 11.1. The summed E-state index contributed by atoms with van der Waals surface area (Å²) in [4.78, 5) is 0. The second-order valence-corrected chi connectivity index (χ2v) is 4.62. The summed E-state index contributed by atoms with van der Waals surface area (Å²) >= 11 is 0. The molecule has 0 aliphatic carbocycles. The number of nitrogens with one attached hydrogen (secondary N) is 1. The maximum Gasteiger partial charge on any atom is 0.128 e. The third-order valence-corrected chi connectivity index (χ3v) is 3.17. The lowest BCUT2D eigenvalue weighted by atomic mass is 10.0. The quantitative estimate of drug-likeness (QED) is 0.830. The van der Waals surface area contributed by atoms with E-state index in [1.54, 1.807) is 19.1 Å². The van der Waals surface area contributed by atoms with E-state index in [9.17, 15) is 8.78 Å². The minimum atomic E-state index is -0.257. The topological polar surface area (TPSA) is 12.0 Å². The van der Waals surface area contributed by atoms with Gasteiger partial charge in [-0.1, -0.05) is 25.1 Å². The SMILES string of the molecule is CCC(Nc1ccc(C)c(F)c1)c1cccc(F)c1. The number of halogens is 2. The molecular formula is C16H17F2N. The highest BCUT2D eigenvalue weighted by molar-refractivity contribution is 5.47. The summed E-state index contributed by atoms with van der Waals surface area (Å²) in [7, 11) is 0. The molecule has 19 heavy (non-hydrogen) atoms. The Morgan fingerprint density at radius 3 is 2.53 bits per heavy atom. The number of hydrogen-bond donors (Lipinski definition) is 1. The molecule has 100 valence electrons. The lowest BCUT2D eigenvalue weighted by molar-refractivity contribution is 0.616. The lowest BCUT2D eigenvalue weighted by Crippen LogP contribution is -2.10. The van der Waals surface area contributed by atoms with E-state index in [1.165, 1.54) is 18.2 Å². The number of hydrogen-bond acceptors (Lipinski definition) is 1. The third kappa shape index (κ3) is 3.31. The lowest BCUT2D eigenvalue weighted by Gasteiger charge is -2.19. The van der Waals surface area contributed by atoms with E-state index in [4.69, 9.17) is 0 Å². The first kappa shape index (κ1) is 13.5. The van der Waals surface area contributed by atoms with E-state index in [2.05, 4.69) is 5.32 Å². The Kier molecular flexibility index (Phi) is 4.15. The van der Waals surface area contributed by atoms with Crippen molar-refractivity contribution in [1.82, 2.24) is 0 Å². The molecule has 2 rings (SSSR count). The van der Waals surface area contributed by atoms with Crippen molar-refractivity contribution in [3.8, 4) is 0 Å². The molecular weight excluding hydrogens is 244 g/mol. The van der Waals surface area contributed by atoms with Crippen LogP contribution in [0.4, 0.5) is 14.5 Å². The molecule has 0 fully saturated rings. The third-order valence-electron chi connectivity index (χ3n) is 3.17. The zero-order valence-electron chi connectivity index (χ0n) is 11.1. The van der Waals surface area contributed by atoms with Crippen molar-refractivity contribution in [2.45, 2.75) is 26.3 Å². The Morgan fingerprint density at radius 1 is 1.11 bits per heavy atom. The summed E-state index contributed by atoms with van der Waals surface area (Å²) in [6.07, 6.45) is 0.791. The summed E-state index contributed by atoms with van der Waals surface area (Å²) < 4.78 is 26.7. The van der Waals surface area contributed by atoms with Crippen LogP contribution in [0.5, 0.6) is 0 Å². The smallest absolute Gasteiger partial charge is 0.128 e. The van der Waals surface area contributed by atoms with Crippen LogP contribution in [0.1, 0.15) is 30.5 Å². The highest BCUT2D eigenvalue weighted by atomic mass is 19.1. The van der Waals surface area contributed by atoms with Crippen LogP contribution in [0.15, 0.2) is 42.5 Å². The fourth-order valence-corrected chi connectivity index (χ4v) is 2.03. The van der Waals surface area contributed by atoms with Gasteiger partial charge in [-0.2, -0.15) is 0 Å². The Bertz CT molecular complexity index is 566. The second kappa shape index (κ2) is 5.83. The molecule has 3 heteroatoms. The molecule has 0 amide bonds. The van der Waals surface area contributed by atoms with Gasteiger partial charge in [-0.15, -0.1) is 0 Å². The standard InChI is InChI=1S/C16H17F2N/c1-3-16(12-5-4-6-13(17)9-12)19-14-8-7-11(2)15(18)10-14/h4-10,16,19H,3H2,1-2H3. The largest absolute Gasteiger partial charge is 0.378 e. The molecule has 1 unspecified atom stereocenters. The van der Waals surface area contributed by atoms with Gasteiger partial charge >= 0.3 is 0 Å². The van der Waals surface area contributed by atoms with E-state index in [-0.39, 0.29) is 17.7 Å². The van der Waals surface area contributed by atoms with Gasteiger partial charge in [0.15, 0.2) is 0 Å². The molecule has 0 aliphatic heterocycles. The van der Waals surface area contributed by atoms with Crippen molar-refractivity contribution in [1.29, 1.82) is 0 Å². The van der Waals surface area contributed by atoms with E-state index in [1.807, 2.05) is 19.1 Å². The van der Waals surface area contributed by atoms with E-state index < -0.39 is 0 Å². The summed E-state index contributed by atoms with van der Waals surface area (Å²) in [5, 5.41) is 3.23. The maximum absolute atomic E-state index is 13.5. The van der Waals surface area contributed by atoms with Crippen LogP contribution in [-0.4, -0.2) is 0 Å². The second-order valence-electron chi connectivity index (χ2n) is 4.62. The molecule has 1 atom stereocenters. The number of aryl methyl sites for hydroxylation is 1. The van der Waals surface area contributed by atoms with Gasteiger partial charge in [-0.25, -0.2) is 8.78 Å². The van der Waals surface area contributed by atoms with Crippen molar-refractivity contribution in [3.05, 3.63) is 65.2 Å². The van der Waals surface area contributed by atoms with Crippen LogP contribution >= 0.6 is 0 Å². The average molecular weight is 261 g/mol. The Morgan fingerprint density at radius 2 is 1.89 bits per heavy atom. The van der Waals surface area contributed by atoms with Crippen molar-refractivity contribution in [2.24, 2.45) is 0 Å². The highest BCUT2D eigenvalue weighted by Gasteiger charge is 2.10. The molecule has 0 spiro atoms. The molecule has 1 N–H and O–H groups in total. The minimum Gasteiger partial charge on any atom is -0.378 e. The molecule has 0 radical (unpaired) electrons. The zero-order chi connectivity index (χ0) is 13.8. The molecule has 2 aromatic rings. The van der Waals surface area contributed by atoms with Crippen LogP contribution in [0.25, 0.3) is 0 Å². The molecule has 0 aromatic heterocycles. The Labute approximate surface area is 112 Å². The van der Waals surface area contributed by atoms with Gasteiger partial charge in [0.1, 0.15) is 11.6 Å². The first-order valence-corrected chi connectivity index (χ1v) is 6.38. The predicted octanol–water partition coefficient (Wildman–Crippen LogP) is 4.84. The van der Waals surface area contributed by atoms with Gasteiger partial charge in [-0.05, 0) is 48.7 Å². The van der Waals surface area contributed by atoms with Gasteiger partial charge in [-0.3, -0.25) is 0 Å². The van der Waals surface area contributed by atoms with Crippen molar-refractivity contribution in [3.63, 3.8) is 0 Å². The first-order valence-electron chi connectivity index (χ1n) is 6.38. The minimum absolute atomic E-state index is 0.0298. The van der Waals surface area contributed by atoms with E-state index in [0.717, 1.165) is 12.0 Å². The van der Waals surface area contributed by atoms with Gasteiger partial charge in [0.25, 0.3) is 0 Å². The molecule has 0 aliphatic rings. The Hall–Kier alpha value is -1.90. The average Bonchev–Trinajstić information content (AvgIpc) is 2.40. The number of anilines is 1. The molecule has 0 bridgehead atoms. The number of benzene rings is 2. The van der Waals surface area contributed by atoms with E-state index >= 15 is 0 Å². The summed E-state index contributed by atoms with van der Waals surface area (Å²) in [5.41, 5.74) is 2.19. The monoisotopic (exact) mass is 261 g/mol. The predicted molar refractivity (Wildman–Crippen MR) is 74.2 cm³/mol. The molecule has 0 heterocycles. The molecule has 0 saturated carbocycles. The first-order chi connectivity index (χ1) is 9.10. The fourth-order valence-electron chi connectivity index (χ4n) is 2.03. The van der Waals surface area contributed by atoms with Crippen LogP contribution < -0.4 is 5.32 Å². The van der Waals surface area contributed by atoms with Crippen molar-refractivity contribution < 1.29 is 8.78 Å². The van der Waals surface area contributed by atoms with Crippen molar-refractivity contribution >= 4 is 5.69 Å². The van der Waals surface area contributed by atoms with Crippen LogP contribution in [0.2, 0.25) is 0 Å². The van der Waals surface area contributed by atoms with Gasteiger partial charge < -0.3 is 5.32 Å². The summed E-state index contributed by atoms with van der Waals surface area (Å²) in [6.45, 7) is 3.73. The molecule has 0 saturated heterocycles. The normalized spacial score (nSPS) is 12.2. The molecule has 2 aromatic carbocycles. The van der Waals surface area contributed by atoms with Crippen molar-refractivity contribution in [2.75, 3.05) is 5.32 Å². The van der Waals surface area contributed by atoms with Gasteiger partial charge in [0.05, 0.1) is 6.04 Å². The number of rotatable bonds is 4. The van der Waals surface area contributed by atoms with Gasteiger partial charge in [0, 0.05) is 5.69 Å². The maximum atomic E-state index is 13.5. The van der Waals surface area contributed by atoms with Crippen LogP contribution in [-0.2, 0) is 0 Å². The summed E-state index contributed by atoms with van der Waals surface area (Å²) in [5.74, 6) is -0.494. The van der Waals surface area contributed by atoms with Crippen LogP contribution in [0.3, 0.4) is 0 Å². The van der Waals surface area contributed by atoms with E-state index in [0.29, 0.717) is 11.3 Å². The summed E-state index contributed by atoms with van der Waals surface area (Å²) in [6, 6.07) is 11.5. The van der Waals surface area contributed by atoms with Crippen LogP contribution in [0, 0.1) is 18.6 Å². The fraction of sp³-hybridized carbons (Fsp3) is 0.250.